The lowest BCUT2D eigenvalue weighted by molar-refractivity contribution is -0.0514. The maximum atomic E-state index is 10.7. The molecule has 0 radical (unpaired) electrons. The van der Waals surface area contributed by atoms with Gasteiger partial charge in [0.25, 0.3) is 0 Å². The third-order valence-electron chi connectivity index (χ3n) is 1.57. The second-order valence-electron chi connectivity index (χ2n) is 4.22. The number of hydrogen-bond donors (Lipinski definition) is 3. The average Bonchev–Trinajstić information content (AvgIpc) is 2.08. The summed E-state index contributed by atoms with van der Waals surface area (Å²) in [6.07, 6.45) is 0. The second kappa shape index (κ2) is 7.60. The van der Waals surface area contributed by atoms with Crippen LogP contribution < -0.4 is 5.73 Å². The van der Waals surface area contributed by atoms with Gasteiger partial charge in [-0.3, -0.25) is 13.3 Å². The summed E-state index contributed by atoms with van der Waals surface area (Å²) in [5, 5.41) is 0. The summed E-state index contributed by atoms with van der Waals surface area (Å²) in [4.78, 5) is 0. The third kappa shape index (κ3) is 10.8. The fourth-order valence-electron chi connectivity index (χ4n) is 0.693. The summed E-state index contributed by atoms with van der Waals surface area (Å²) >= 11 is 0. The fraction of sp³-hybridized carbons (Fsp3) is 1.00. The molecule has 1 heterocycles. The van der Waals surface area contributed by atoms with Crippen molar-refractivity contribution >= 4 is 31.0 Å². The molecule has 142 valence electrons. The summed E-state index contributed by atoms with van der Waals surface area (Å²) < 4.78 is 125. The Morgan fingerprint density at radius 2 is 1.09 bits per heavy atom. The number of hydrogen-bond acceptors (Lipinski definition) is 6. The minimum absolute atomic E-state index is 0.106. The van der Waals surface area contributed by atoms with Crippen molar-refractivity contribution in [3.63, 3.8) is 0 Å². The van der Waals surface area contributed by atoms with E-state index < -0.39 is 42.1 Å². The lowest BCUT2D eigenvalue weighted by Crippen LogP contribution is -2.56. The van der Waals surface area contributed by atoms with Crippen molar-refractivity contribution in [1.29, 1.82) is 0 Å². The van der Waals surface area contributed by atoms with Crippen molar-refractivity contribution in [1.82, 2.24) is 0 Å². The molecule has 0 atom stereocenters. The van der Waals surface area contributed by atoms with E-state index in [1.807, 2.05) is 6.92 Å². The second-order valence-corrected chi connectivity index (χ2v) is 8.51. The summed E-state index contributed by atoms with van der Waals surface area (Å²) in [6, 6.07) is 0. The first-order chi connectivity index (χ1) is 9.60. The third-order valence-corrected chi connectivity index (χ3v) is 4.70. The van der Waals surface area contributed by atoms with Gasteiger partial charge in [0.2, 0.25) is 0 Å². The van der Waals surface area contributed by atoms with Gasteiger partial charge in [0.1, 0.15) is 0 Å². The average molecular weight is 419 g/mol. The summed E-state index contributed by atoms with van der Waals surface area (Å²) in [6.45, 7) is 1.92. The highest BCUT2D eigenvalue weighted by atomic mass is 32.2. The first-order valence-corrected chi connectivity index (χ1v) is 9.18. The maximum absolute atomic E-state index is 10.7. The smallest absolute Gasteiger partial charge is 0.324 e. The van der Waals surface area contributed by atoms with Gasteiger partial charge in [-0.1, -0.05) is 0 Å². The zero-order valence-corrected chi connectivity index (χ0v) is 13.4. The molecule has 1 aliphatic heterocycles. The molecule has 1 aliphatic rings. The molecule has 0 saturated carbocycles. The summed E-state index contributed by atoms with van der Waals surface area (Å²) in [5.41, 5.74) is -5.66. The Balaban J connectivity index is 0. The van der Waals surface area contributed by atoms with Gasteiger partial charge in [0, 0.05) is 27.8 Å². The molecule has 0 bridgehead atoms. The molecule has 0 aromatic carbocycles. The van der Waals surface area contributed by atoms with Gasteiger partial charge < -0.3 is 5.73 Å². The molecule has 0 spiro atoms. The quantitative estimate of drug-likeness (QED) is 0.287. The molecule has 0 aromatic rings. The van der Waals surface area contributed by atoms with Crippen molar-refractivity contribution in [3.8, 4) is 0 Å². The van der Waals surface area contributed by atoms with Crippen LogP contribution in [0, 0.1) is 0 Å². The summed E-state index contributed by atoms with van der Waals surface area (Å²) in [7, 11) is -12.3. The Labute approximate surface area is 129 Å². The van der Waals surface area contributed by atoms with Gasteiger partial charge in [-0.15, -0.1) is 0 Å². The predicted molar refractivity (Wildman–Crippen MR) is 65.7 cm³/mol. The number of nitrogens with two attached hydrogens (primary N) is 1. The Bertz CT molecular complexity index is 568. The van der Waals surface area contributed by atoms with Crippen molar-refractivity contribution in [3.05, 3.63) is 0 Å². The highest BCUT2D eigenvalue weighted by molar-refractivity contribution is 7.87. The van der Waals surface area contributed by atoms with Gasteiger partial charge in [-0.25, -0.2) is 0 Å². The normalized spacial score (nSPS) is 25.2. The summed E-state index contributed by atoms with van der Waals surface area (Å²) in [5.74, 6) is 1.38. The van der Waals surface area contributed by atoms with Gasteiger partial charge in [0.15, 0.2) is 0 Å². The molecule has 4 N–H and O–H groups in total. The van der Waals surface area contributed by atoms with Crippen LogP contribution in [0.3, 0.4) is 0 Å². The van der Waals surface area contributed by atoms with Crippen LogP contribution in [0.25, 0.3) is 0 Å². The highest BCUT2D eigenvalue weighted by Crippen LogP contribution is 2.21. The van der Waals surface area contributed by atoms with Crippen LogP contribution in [-0.4, -0.2) is 58.2 Å². The van der Waals surface area contributed by atoms with E-state index in [1.165, 1.54) is 0 Å². The van der Waals surface area contributed by atoms with Crippen LogP contribution in [0.4, 0.5) is 26.3 Å². The predicted octanol–water partition coefficient (Wildman–Crippen LogP) is 0.254. The Kier molecular flexibility index (Phi) is 8.18. The molecule has 0 unspecified atom stereocenters. The Morgan fingerprint density at radius 3 is 1.09 bits per heavy atom. The molecule has 17 heteroatoms. The van der Waals surface area contributed by atoms with Crippen LogP contribution >= 0.6 is 0 Å². The molecular weight excluding hydrogens is 408 g/mol. The van der Waals surface area contributed by atoms with E-state index in [2.05, 4.69) is 0 Å². The van der Waals surface area contributed by atoms with Crippen molar-refractivity contribution in [2.24, 2.45) is 5.73 Å². The van der Waals surface area contributed by atoms with Crippen LogP contribution in [0.1, 0.15) is 6.92 Å². The molecule has 1 fully saturated rings. The van der Waals surface area contributed by atoms with E-state index >= 15 is 0 Å². The van der Waals surface area contributed by atoms with Crippen LogP contribution in [-0.2, 0) is 31.0 Å². The van der Waals surface area contributed by atoms with Crippen molar-refractivity contribution < 1.29 is 56.5 Å². The zero-order valence-electron chi connectivity index (χ0n) is 10.9. The number of rotatable bonds is 0. The van der Waals surface area contributed by atoms with Crippen LogP contribution in [0.2, 0.25) is 0 Å². The number of alkyl halides is 6. The minimum Gasteiger partial charge on any atom is -0.324 e. The van der Waals surface area contributed by atoms with E-state index in [-0.39, 0.29) is 5.54 Å². The lowest BCUT2D eigenvalue weighted by Gasteiger charge is -2.32. The lowest BCUT2D eigenvalue weighted by atomic mass is 10.1. The molecule has 8 nitrogen and oxygen atoms in total. The molecule has 23 heavy (non-hydrogen) atoms. The van der Waals surface area contributed by atoms with Gasteiger partial charge >= 0.3 is 31.3 Å². The fourth-order valence-corrected chi connectivity index (χ4v) is 2.08. The molecule has 0 amide bonds. The molecular formula is C6H11F6NO7S3. The SMILES string of the molecule is CC1(N)CS(=O)C1.O=S(=O)(O)C(F)(F)F.O=S(=O)(O)C(F)(F)F. The van der Waals surface area contributed by atoms with E-state index in [0.29, 0.717) is 11.5 Å². The monoisotopic (exact) mass is 419 g/mol. The molecule has 1 rings (SSSR count). The van der Waals surface area contributed by atoms with Crippen molar-refractivity contribution in [2.75, 3.05) is 11.5 Å². The maximum Gasteiger partial charge on any atom is 0.522 e. The van der Waals surface area contributed by atoms with E-state index in [0.717, 1.165) is 0 Å². The molecule has 0 aliphatic carbocycles. The first-order valence-electron chi connectivity index (χ1n) is 4.81. The topological polar surface area (TPSA) is 152 Å². The highest BCUT2D eigenvalue weighted by Gasteiger charge is 2.45. The number of halogens is 6. The molecule has 1 saturated heterocycles. The zero-order chi connectivity index (χ0) is 19.5. The van der Waals surface area contributed by atoms with Gasteiger partial charge in [-0.05, 0) is 6.92 Å². The van der Waals surface area contributed by atoms with E-state index in [4.69, 9.17) is 31.7 Å². The standard InChI is InChI=1S/C4H9NOS.2CHF3O3S/c1-4(5)2-7(6)3-4;2*2-1(3,4)8(5,6)7/h2-3,5H2,1H3;2*(H,5,6,7). The Hall–Kier alpha value is -0.490. The van der Waals surface area contributed by atoms with E-state index in [1.54, 1.807) is 0 Å². The first kappa shape index (κ1) is 24.8. The largest absolute Gasteiger partial charge is 0.522 e. The van der Waals surface area contributed by atoms with Crippen molar-refractivity contribution in [2.45, 2.75) is 23.5 Å². The minimum atomic E-state index is -5.84. The van der Waals surface area contributed by atoms with Gasteiger partial charge in [0.05, 0.1) is 0 Å². The van der Waals surface area contributed by atoms with Gasteiger partial charge in [-0.2, -0.15) is 43.2 Å². The Morgan fingerprint density at radius 1 is 0.913 bits per heavy atom. The van der Waals surface area contributed by atoms with E-state index in [9.17, 15) is 30.6 Å². The van der Waals surface area contributed by atoms with Crippen LogP contribution in [0.5, 0.6) is 0 Å². The van der Waals surface area contributed by atoms with Crippen LogP contribution in [0.15, 0.2) is 0 Å². The molecule has 0 aromatic heterocycles.